The van der Waals surface area contributed by atoms with Crippen molar-refractivity contribution in [1.29, 1.82) is 0 Å². The van der Waals surface area contributed by atoms with Gasteiger partial charge in [-0.1, -0.05) is 34.1 Å². The lowest BCUT2D eigenvalue weighted by molar-refractivity contribution is 0.494. The lowest BCUT2D eigenvalue weighted by Crippen LogP contribution is -2.37. The second-order valence-electron chi connectivity index (χ2n) is 3.65. The molecule has 0 aromatic heterocycles. The summed E-state index contributed by atoms with van der Waals surface area (Å²) >= 11 is 3.39. The smallest absolute Gasteiger partial charge is 0.195 e. The van der Waals surface area contributed by atoms with Crippen molar-refractivity contribution < 1.29 is 8.42 Å². The molecule has 1 unspecified atom stereocenters. The molecule has 0 saturated heterocycles. The third kappa shape index (κ3) is 3.28. The predicted octanol–water partition coefficient (Wildman–Crippen LogP) is 1.91. The Bertz CT molecular complexity index is 460. The first-order valence-electron chi connectivity index (χ1n) is 4.79. The average molecular weight is 307 g/mol. The zero-order chi connectivity index (χ0) is 12.3. The van der Waals surface area contributed by atoms with Crippen LogP contribution in [0.3, 0.4) is 0 Å². The molecule has 4 nitrogen and oxygen atoms in total. The van der Waals surface area contributed by atoms with E-state index in [-0.39, 0.29) is 6.04 Å². The fourth-order valence-electron chi connectivity index (χ4n) is 1.22. The Morgan fingerprint density at radius 3 is 2.38 bits per heavy atom. The summed E-state index contributed by atoms with van der Waals surface area (Å²) < 4.78 is 27.9. The van der Waals surface area contributed by atoms with Crippen LogP contribution in [0.4, 0.5) is 0 Å². The van der Waals surface area contributed by atoms with Gasteiger partial charge in [0.15, 0.2) is 0 Å². The molecule has 90 valence electrons. The predicted molar refractivity (Wildman–Crippen MR) is 68.3 cm³/mol. The first kappa shape index (κ1) is 13.6. The molecule has 0 saturated carbocycles. The quantitative estimate of drug-likeness (QED) is 0.924. The summed E-state index contributed by atoms with van der Waals surface area (Å²) in [6, 6.07) is 7.26. The van der Waals surface area contributed by atoms with Crippen LogP contribution >= 0.6 is 15.9 Å². The topological polar surface area (TPSA) is 49.4 Å². The Labute approximate surface area is 105 Å². The van der Waals surface area contributed by atoms with Crippen LogP contribution in [-0.2, 0) is 10.2 Å². The van der Waals surface area contributed by atoms with Gasteiger partial charge in [0.25, 0.3) is 10.2 Å². The fraction of sp³-hybridized carbons (Fsp3) is 0.400. The summed E-state index contributed by atoms with van der Waals surface area (Å²) in [5, 5.41) is 0. The number of nitrogens with one attached hydrogen (secondary N) is 1. The van der Waals surface area contributed by atoms with Crippen molar-refractivity contribution >= 4 is 26.1 Å². The number of hydrogen-bond acceptors (Lipinski definition) is 2. The van der Waals surface area contributed by atoms with Gasteiger partial charge in [0.1, 0.15) is 0 Å². The number of hydrogen-bond donors (Lipinski definition) is 1. The Balaban J connectivity index is 2.89. The van der Waals surface area contributed by atoms with Crippen LogP contribution in [0.25, 0.3) is 0 Å². The molecule has 0 amide bonds. The molecule has 0 bridgehead atoms. The van der Waals surface area contributed by atoms with Gasteiger partial charge in [-0.05, 0) is 18.6 Å². The van der Waals surface area contributed by atoms with Gasteiger partial charge in [-0.25, -0.2) is 0 Å². The van der Waals surface area contributed by atoms with E-state index in [2.05, 4.69) is 20.7 Å². The van der Waals surface area contributed by atoms with Gasteiger partial charge in [-0.15, -0.1) is 0 Å². The maximum Gasteiger partial charge on any atom is 0.279 e. The van der Waals surface area contributed by atoms with Gasteiger partial charge in [-0.2, -0.15) is 17.4 Å². The van der Waals surface area contributed by atoms with Crippen LogP contribution in [-0.4, -0.2) is 26.8 Å². The molecule has 1 N–H and O–H groups in total. The second-order valence-corrected chi connectivity index (χ2v) is 6.42. The van der Waals surface area contributed by atoms with Gasteiger partial charge < -0.3 is 0 Å². The van der Waals surface area contributed by atoms with Gasteiger partial charge in [0.2, 0.25) is 0 Å². The van der Waals surface area contributed by atoms with Gasteiger partial charge in [-0.3, -0.25) is 0 Å². The van der Waals surface area contributed by atoms with Crippen LogP contribution in [0.5, 0.6) is 0 Å². The SMILES string of the molecule is CC(NS(=O)(=O)N(C)C)c1ccccc1Br. The highest BCUT2D eigenvalue weighted by Gasteiger charge is 2.18. The van der Waals surface area contributed by atoms with E-state index in [9.17, 15) is 8.42 Å². The molecule has 1 atom stereocenters. The largest absolute Gasteiger partial charge is 0.279 e. The summed E-state index contributed by atoms with van der Waals surface area (Å²) in [6.45, 7) is 1.81. The highest BCUT2D eigenvalue weighted by atomic mass is 79.9. The third-order valence-corrected chi connectivity index (χ3v) is 4.51. The first-order valence-corrected chi connectivity index (χ1v) is 7.02. The molecule has 0 heterocycles. The Morgan fingerprint density at radius 2 is 1.88 bits per heavy atom. The van der Waals surface area contributed by atoms with E-state index in [0.717, 1.165) is 14.3 Å². The minimum absolute atomic E-state index is 0.275. The van der Waals surface area contributed by atoms with Gasteiger partial charge >= 0.3 is 0 Å². The molecule has 0 fully saturated rings. The molecule has 16 heavy (non-hydrogen) atoms. The normalized spacial score (nSPS) is 14.1. The molecule has 6 heteroatoms. The molecule has 0 aliphatic carbocycles. The Morgan fingerprint density at radius 1 is 1.31 bits per heavy atom. The zero-order valence-corrected chi connectivity index (χ0v) is 11.8. The summed E-state index contributed by atoms with van der Waals surface area (Å²) in [4.78, 5) is 0. The van der Waals surface area contributed by atoms with E-state index >= 15 is 0 Å². The van der Waals surface area contributed by atoms with E-state index in [0.29, 0.717) is 0 Å². The summed E-state index contributed by atoms with van der Waals surface area (Å²) in [5.41, 5.74) is 0.910. The van der Waals surface area contributed by atoms with Crippen molar-refractivity contribution in [3.05, 3.63) is 34.3 Å². The molecule has 1 rings (SSSR count). The molecule has 0 spiro atoms. The molecule has 0 radical (unpaired) electrons. The molecular formula is C10H15BrN2O2S. The van der Waals surface area contributed by atoms with Crippen molar-refractivity contribution in [3.8, 4) is 0 Å². The lowest BCUT2D eigenvalue weighted by Gasteiger charge is -2.19. The first-order chi connectivity index (χ1) is 7.34. The maximum atomic E-state index is 11.6. The minimum atomic E-state index is -3.40. The molecule has 0 aliphatic heterocycles. The van der Waals surface area contributed by atoms with E-state index in [1.807, 2.05) is 24.3 Å². The fourth-order valence-corrected chi connectivity index (χ4v) is 2.63. The number of halogens is 1. The van der Waals surface area contributed by atoms with Crippen LogP contribution in [0.15, 0.2) is 28.7 Å². The summed E-state index contributed by atoms with van der Waals surface area (Å²) in [7, 11) is -0.410. The van der Waals surface area contributed by atoms with Crippen molar-refractivity contribution in [1.82, 2.24) is 9.03 Å². The maximum absolute atomic E-state index is 11.6. The van der Waals surface area contributed by atoms with Crippen LogP contribution < -0.4 is 4.72 Å². The summed E-state index contributed by atoms with van der Waals surface area (Å²) in [5.74, 6) is 0. The highest BCUT2D eigenvalue weighted by Crippen LogP contribution is 2.23. The molecule has 1 aromatic rings. The highest BCUT2D eigenvalue weighted by molar-refractivity contribution is 9.10. The third-order valence-electron chi connectivity index (χ3n) is 2.18. The van der Waals surface area contributed by atoms with Crippen molar-refractivity contribution in [2.24, 2.45) is 0 Å². The Hall–Kier alpha value is -0.430. The molecule has 1 aromatic carbocycles. The number of benzene rings is 1. The van der Waals surface area contributed by atoms with Crippen molar-refractivity contribution in [3.63, 3.8) is 0 Å². The van der Waals surface area contributed by atoms with E-state index < -0.39 is 10.2 Å². The lowest BCUT2D eigenvalue weighted by atomic mass is 10.1. The zero-order valence-electron chi connectivity index (χ0n) is 9.44. The Kier molecular flexibility index (Phi) is 4.49. The average Bonchev–Trinajstić information content (AvgIpc) is 2.17. The molecular weight excluding hydrogens is 292 g/mol. The standard InChI is InChI=1S/C10H15BrN2O2S/c1-8(12-16(14,15)13(2)3)9-6-4-5-7-10(9)11/h4-8,12H,1-3H3. The molecule has 0 aliphatic rings. The van der Waals surface area contributed by atoms with Crippen LogP contribution in [0.2, 0.25) is 0 Å². The van der Waals surface area contributed by atoms with E-state index in [1.165, 1.54) is 14.1 Å². The van der Waals surface area contributed by atoms with Crippen molar-refractivity contribution in [2.75, 3.05) is 14.1 Å². The summed E-state index contributed by atoms with van der Waals surface area (Å²) in [6.07, 6.45) is 0. The monoisotopic (exact) mass is 306 g/mol. The van der Waals surface area contributed by atoms with E-state index in [1.54, 1.807) is 6.92 Å². The van der Waals surface area contributed by atoms with Crippen molar-refractivity contribution in [2.45, 2.75) is 13.0 Å². The minimum Gasteiger partial charge on any atom is -0.195 e. The second kappa shape index (κ2) is 5.27. The van der Waals surface area contributed by atoms with Crippen LogP contribution in [0.1, 0.15) is 18.5 Å². The van der Waals surface area contributed by atoms with Gasteiger partial charge in [0, 0.05) is 24.6 Å². The van der Waals surface area contributed by atoms with Gasteiger partial charge in [0.05, 0.1) is 0 Å². The number of nitrogens with zero attached hydrogens (tertiary/aromatic N) is 1. The number of rotatable bonds is 4. The van der Waals surface area contributed by atoms with Crippen LogP contribution in [0, 0.1) is 0 Å². The van der Waals surface area contributed by atoms with E-state index in [4.69, 9.17) is 0 Å².